The molecule has 0 bridgehead atoms. The first kappa shape index (κ1) is 23.9. The summed E-state index contributed by atoms with van der Waals surface area (Å²) < 4.78 is 23.6. The summed E-state index contributed by atoms with van der Waals surface area (Å²) in [7, 11) is 1.83. The molecule has 0 atom stereocenters. The third-order valence-corrected chi connectivity index (χ3v) is 4.86. The zero-order valence-corrected chi connectivity index (χ0v) is 17.4. The minimum atomic E-state index is -0.750. The minimum Gasteiger partial charge on any atom is -0.381 e. The topological polar surface area (TPSA) is 91.4 Å². The molecule has 2 aromatic rings. The second-order valence-electron chi connectivity index (χ2n) is 6.67. The average molecular weight is 407 g/mol. The van der Waals surface area contributed by atoms with Gasteiger partial charge in [-0.3, -0.25) is 4.79 Å². The predicted octanol–water partition coefficient (Wildman–Crippen LogP) is 2.80. The van der Waals surface area contributed by atoms with E-state index in [-0.39, 0.29) is 5.56 Å². The molecule has 1 aromatic carbocycles. The van der Waals surface area contributed by atoms with Crippen LogP contribution in [0.4, 0.5) is 0 Å². The van der Waals surface area contributed by atoms with Crippen molar-refractivity contribution in [2.45, 2.75) is 51.2 Å². The van der Waals surface area contributed by atoms with Gasteiger partial charge in [-0.25, -0.2) is 0 Å². The highest BCUT2D eigenvalue weighted by Gasteiger charge is 2.21. The molecular formula is C21H30N2O4S. The fourth-order valence-corrected chi connectivity index (χ4v) is 3.33. The molecule has 1 aliphatic carbocycles. The molecule has 0 unspecified atom stereocenters. The van der Waals surface area contributed by atoms with E-state index in [0.29, 0.717) is 19.2 Å². The van der Waals surface area contributed by atoms with Crippen LogP contribution in [-0.2, 0) is 22.9 Å². The molecule has 28 heavy (non-hydrogen) atoms. The van der Waals surface area contributed by atoms with Crippen molar-refractivity contribution < 1.29 is 13.2 Å². The van der Waals surface area contributed by atoms with Crippen molar-refractivity contribution in [3.8, 4) is 0 Å². The summed E-state index contributed by atoms with van der Waals surface area (Å²) in [4.78, 5) is 11.3. The number of hydrogen-bond donors (Lipinski definition) is 1. The van der Waals surface area contributed by atoms with E-state index in [1.165, 1.54) is 31.2 Å². The van der Waals surface area contributed by atoms with Gasteiger partial charge in [-0.2, -0.15) is 8.42 Å². The number of aryl methyl sites for hydroxylation is 1. The molecule has 0 amide bonds. The van der Waals surface area contributed by atoms with Crippen LogP contribution in [0.1, 0.15) is 42.7 Å². The lowest BCUT2D eigenvalue weighted by atomic mass is 9.83. The zero-order valence-electron chi connectivity index (χ0n) is 16.6. The molecule has 1 aliphatic rings. The Morgan fingerprint density at radius 2 is 1.68 bits per heavy atom. The lowest BCUT2D eigenvalue weighted by Crippen LogP contribution is -2.24. The van der Waals surface area contributed by atoms with E-state index in [9.17, 15) is 4.79 Å². The summed E-state index contributed by atoms with van der Waals surface area (Å²) in [6.45, 7) is 2.90. The number of nitrogens with two attached hydrogens (primary N) is 1. The van der Waals surface area contributed by atoms with Crippen LogP contribution in [0.5, 0.6) is 0 Å². The molecule has 7 heteroatoms. The number of hydrogen-bond acceptors (Lipinski definition) is 5. The highest BCUT2D eigenvalue weighted by Crippen LogP contribution is 2.33. The summed E-state index contributed by atoms with van der Waals surface area (Å²) in [6, 6.07) is 14.5. The molecule has 1 heterocycles. The van der Waals surface area contributed by atoms with Gasteiger partial charge in [0.1, 0.15) is 0 Å². The number of benzene rings is 1. The number of methoxy groups -OCH3 is 1. The van der Waals surface area contributed by atoms with Gasteiger partial charge in [0.2, 0.25) is 0 Å². The van der Waals surface area contributed by atoms with E-state index in [1.807, 2.05) is 13.2 Å². The SMILES string of the molecule is COC1CCC(c2ccccc2)CC1.Cc1cccn(CCN)c1=O.O=S=O. The van der Waals surface area contributed by atoms with Crippen LogP contribution < -0.4 is 11.3 Å². The number of nitrogens with zero attached hydrogens (tertiary/aromatic N) is 1. The van der Waals surface area contributed by atoms with Gasteiger partial charge in [-0.05, 0) is 50.2 Å². The van der Waals surface area contributed by atoms with Crippen LogP contribution in [0.3, 0.4) is 0 Å². The average Bonchev–Trinajstić information content (AvgIpc) is 2.73. The molecule has 1 fully saturated rings. The molecule has 0 radical (unpaired) electrons. The lowest BCUT2D eigenvalue weighted by Gasteiger charge is -2.27. The van der Waals surface area contributed by atoms with Gasteiger partial charge in [0.25, 0.3) is 5.56 Å². The van der Waals surface area contributed by atoms with Crippen LogP contribution >= 0.6 is 0 Å². The second-order valence-corrected chi connectivity index (χ2v) is 6.80. The first-order chi connectivity index (χ1) is 13.6. The van der Waals surface area contributed by atoms with Crippen LogP contribution in [0.15, 0.2) is 53.5 Å². The zero-order chi connectivity index (χ0) is 20.8. The predicted molar refractivity (Wildman–Crippen MR) is 112 cm³/mol. The maximum atomic E-state index is 11.3. The third kappa shape index (κ3) is 8.29. The molecule has 0 aliphatic heterocycles. The Hall–Kier alpha value is -2.09. The van der Waals surface area contributed by atoms with E-state index in [1.54, 1.807) is 23.8 Å². The summed E-state index contributed by atoms with van der Waals surface area (Å²) in [5.41, 5.74) is 7.64. The highest BCUT2D eigenvalue weighted by atomic mass is 32.1. The van der Waals surface area contributed by atoms with Crippen molar-refractivity contribution in [1.29, 1.82) is 0 Å². The Balaban J connectivity index is 0.000000252. The number of ether oxygens (including phenoxy) is 1. The fourth-order valence-electron chi connectivity index (χ4n) is 3.33. The molecular weight excluding hydrogens is 376 g/mol. The van der Waals surface area contributed by atoms with Crippen molar-refractivity contribution in [3.63, 3.8) is 0 Å². The normalized spacial score (nSPS) is 18.1. The fraction of sp³-hybridized carbons (Fsp3) is 0.476. The molecule has 3 rings (SSSR count). The van der Waals surface area contributed by atoms with Gasteiger partial charge < -0.3 is 15.0 Å². The van der Waals surface area contributed by atoms with Crippen molar-refractivity contribution in [3.05, 3.63) is 70.1 Å². The third-order valence-electron chi connectivity index (χ3n) is 4.86. The number of aromatic nitrogens is 1. The molecule has 0 saturated heterocycles. The first-order valence-corrected chi connectivity index (χ1v) is 10.1. The molecule has 2 N–H and O–H groups in total. The Morgan fingerprint density at radius 3 is 2.21 bits per heavy atom. The number of pyridine rings is 1. The van der Waals surface area contributed by atoms with E-state index in [4.69, 9.17) is 18.9 Å². The van der Waals surface area contributed by atoms with Gasteiger partial charge in [-0.1, -0.05) is 36.4 Å². The molecule has 0 spiro atoms. The van der Waals surface area contributed by atoms with E-state index in [2.05, 4.69) is 30.3 Å². The Labute approximate surface area is 170 Å². The molecule has 1 saturated carbocycles. The second kappa shape index (κ2) is 14.0. The van der Waals surface area contributed by atoms with Gasteiger partial charge in [0, 0.05) is 32.0 Å². The van der Waals surface area contributed by atoms with Crippen LogP contribution in [0.2, 0.25) is 0 Å². The van der Waals surface area contributed by atoms with Crippen molar-refractivity contribution in [2.75, 3.05) is 13.7 Å². The molecule has 1 aromatic heterocycles. The van der Waals surface area contributed by atoms with Gasteiger partial charge >= 0.3 is 11.6 Å². The summed E-state index contributed by atoms with van der Waals surface area (Å²) in [5, 5.41) is 0. The molecule has 154 valence electrons. The summed E-state index contributed by atoms with van der Waals surface area (Å²) in [5.74, 6) is 0.766. The van der Waals surface area contributed by atoms with Crippen molar-refractivity contribution in [1.82, 2.24) is 4.57 Å². The minimum absolute atomic E-state index is 0.0537. The van der Waals surface area contributed by atoms with Crippen LogP contribution in [-0.4, -0.2) is 32.7 Å². The number of rotatable bonds is 4. The van der Waals surface area contributed by atoms with Gasteiger partial charge in [0.05, 0.1) is 6.10 Å². The van der Waals surface area contributed by atoms with Gasteiger partial charge in [-0.15, -0.1) is 0 Å². The summed E-state index contributed by atoms with van der Waals surface area (Å²) in [6.07, 6.45) is 7.26. The van der Waals surface area contributed by atoms with E-state index < -0.39 is 11.6 Å². The van der Waals surface area contributed by atoms with Crippen molar-refractivity contribution >= 4 is 11.6 Å². The Bertz CT molecular complexity index is 765. The van der Waals surface area contributed by atoms with Gasteiger partial charge in [0.15, 0.2) is 0 Å². The summed E-state index contributed by atoms with van der Waals surface area (Å²) >= 11 is -0.750. The Kier molecular flexibility index (Phi) is 12.0. The van der Waals surface area contributed by atoms with Crippen molar-refractivity contribution in [2.24, 2.45) is 5.73 Å². The quantitative estimate of drug-likeness (QED) is 0.843. The van der Waals surface area contributed by atoms with E-state index in [0.717, 1.165) is 11.5 Å². The standard InChI is InChI=1S/C13H18O.C8H12N2O.O2S/c1-14-13-9-7-12(8-10-13)11-5-3-2-4-6-11;1-7-3-2-5-10(6-4-9)8(7)11;1-3-2/h2-6,12-13H,7-10H2,1H3;2-3,5H,4,6,9H2,1H3;. The largest absolute Gasteiger partial charge is 0.381 e. The maximum Gasteiger partial charge on any atom is 0.335 e. The van der Waals surface area contributed by atoms with E-state index >= 15 is 0 Å². The first-order valence-electron chi connectivity index (χ1n) is 9.43. The van der Waals surface area contributed by atoms with Crippen LogP contribution in [0.25, 0.3) is 0 Å². The lowest BCUT2D eigenvalue weighted by molar-refractivity contribution is 0.0659. The van der Waals surface area contributed by atoms with Crippen LogP contribution in [0, 0.1) is 6.92 Å². The monoisotopic (exact) mass is 406 g/mol. The maximum absolute atomic E-state index is 11.3. The highest BCUT2D eigenvalue weighted by molar-refractivity contribution is 7.51. The smallest absolute Gasteiger partial charge is 0.335 e. The Morgan fingerprint density at radius 1 is 1.07 bits per heavy atom. The molecule has 6 nitrogen and oxygen atoms in total.